The molecule has 0 saturated heterocycles. The highest BCUT2D eigenvalue weighted by Gasteiger charge is 2.34. The van der Waals surface area contributed by atoms with Crippen LogP contribution >= 0.6 is 11.6 Å². The van der Waals surface area contributed by atoms with Crippen LogP contribution in [0, 0.1) is 11.6 Å². The molecule has 0 aliphatic carbocycles. The fraction of sp³-hybridized carbons (Fsp3) is 0.154. The fourth-order valence-corrected chi connectivity index (χ4v) is 4.01. The highest BCUT2D eigenvalue weighted by molar-refractivity contribution is 6.33. The number of esters is 1. The standard InChI is InChI=1S/C26H19ClF2N6O5/c1-14(36)35-25(40-23(31-35)13-34-32-24(30-33-34)15-6-4-3-5-7-15)16-8-9-21(22(10-16)38-2)39-26(37)17-11-19(28)20(29)12-18(17)27/h3-12,25H,13H2,1-2H3/t25-/m0/s1. The molecule has 5 rings (SSSR count). The van der Waals surface area contributed by atoms with Gasteiger partial charge in [0.15, 0.2) is 23.1 Å². The zero-order valence-corrected chi connectivity index (χ0v) is 21.7. The molecular formula is C26H19ClF2N6O5. The molecule has 3 aromatic carbocycles. The molecular weight excluding hydrogens is 550 g/mol. The van der Waals surface area contributed by atoms with E-state index in [1.807, 2.05) is 30.3 Å². The first-order valence-electron chi connectivity index (χ1n) is 11.7. The van der Waals surface area contributed by atoms with Crippen LogP contribution in [-0.2, 0) is 16.1 Å². The molecule has 0 radical (unpaired) electrons. The normalized spacial score (nSPS) is 14.5. The van der Waals surface area contributed by atoms with Gasteiger partial charge in [0.05, 0.1) is 17.7 Å². The van der Waals surface area contributed by atoms with Crippen LogP contribution in [0.2, 0.25) is 5.02 Å². The first kappa shape index (κ1) is 26.7. The number of methoxy groups -OCH3 is 1. The molecule has 0 bridgehead atoms. The predicted octanol–water partition coefficient (Wildman–Crippen LogP) is 4.39. The summed E-state index contributed by atoms with van der Waals surface area (Å²) in [5, 5.41) is 17.5. The minimum absolute atomic E-state index is 0.00192. The van der Waals surface area contributed by atoms with Gasteiger partial charge in [0, 0.05) is 18.1 Å². The third kappa shape index (κ3) is 5.45. The lowest BCUT2D eigenvalue weighted by Gasteiger charge is -2.20. The van der Waals surface area contributed by atoms with Crippen molar-refractivity contribution in [3.63, 3.8) is 0 Å². The number of carbonyl (C=O) groups is 2. The second kappa shape index (κ2) is 11.1. The summed E-state index contributed by atoms with van der Waals surface area (Å²) in [4.78, 5) is 26.2. The second-order valence-electron chi connectivity index (χ2n) is 8.38. The molecule has 4 aromatic rings. The number of tetrazole rings is 1. The number of halogens is 3. The molecule has 1 aromatic heterocycles. The highest BCUT2D eigenvalue weighted by atomic mass is 35.5. The van der Waals surface area contributed by atoms with E-state index in [1.165, 1.54) is 37.0 Å². The predicted molar refractivity (Wildman–Crippen MR) is 136 cm³/mol. The van der Waals surface area contributed by atoms with Crippen molar-refractivity contribution >= 4 is 29.4 Å². The van der Waals surface area contributed by atoms with E-state index in [0.29, 0.717) is 23.5 Å². The number of nitrogens with zero attached hydrogens (tertiary/aromatic N) is 6. The lowest BCUT2D eigenvalue weighted by atomic mass is 10.1. The van der Waals surface area contributed by atoms with Crippen molar-refractivity contribution in [3.05, 3.63) is 88.4 Å². The third-order valence-electron chi connectivity index (χ3n) is 5.68. The van der Waals surface area contributed by atoms with Gasteiger partial charge in [-0.2, -0.15) is 9.81 Å². The quantitative estimate of drug-likeness (QED) is 0.183. The van der Waals surface area contributed by atoms with Crippen LogP contribution in [0.1, 0.15) is 29.1 Å². The molecule has 1 atom stereocenters. The van der Waals surface area contributed by atoms with Crippen molar-refractivity contribution in [1.29, 1.82) is 0 Å². The summed E-state index contributed by atoms with van der Waals surface area (Å²) >= 11 is 5.88. The Morgan fingerprint density at radius 2 is 1.80 bits per heavy atom. The van der Waals surface area contributed by atoms with E-state index in [1.54, 1.807) is 0 Å². The molecule has 204 valence electrons. The Kier molecular flexibility index (Phi) is 7.38. The summed E-state index contributed by atoms with van der Waals surface area (Å²) in [6.07, 6.45) is -0.969. The summed E-state index contributed by atoms with van der Waals surface area (Å²) in [5.41, 5.74) is 0.850. The van der Waals surface area contributed by atoms with Crippen molar-refractivity contribution < 1.29 is 32.6 Å². The van der Waals surface area contributed by atoms with Gasteiger partial charge in [-0.1, -0.05) is 41.9 Å². The van der Waals surface area contributed by atoms with Gasteiger partial charge in [-0.3, -0.25) is 4.79 Å². The maximum Gasteiger partial charge on any atom is 0.345 e. The first-order chi connectivity index (χ1) is 19.2. The van der Waals surface area contributed by atoms with Crippen LogP contribution < -0.4 is 9.47 Å². The van der Waals surface area contributed by atoms with E-state index in [-0.39, 0.29) is 34.5 Å². The van der Waals surface area contributed by atoms with Crippen LogP contribution in [0.5, 0.6) is 11.5 Å². The second-order valence-corrected chi connectivity index (χ2v) is 8.79. The summed E-state index contributed by atoms with van der Waals surface area (Å²) in [6.45, 7) is 1.32. The molecule has 1 aliphatic heterocycles. The van der Waals surface area contributed by atoms with Crippen molar-refractivity contribution in [1.82, 2.24) is 25.2 Å². The zero-order chi connectivity index (χ0) is 28.4. The van der Waals surface area contributed by atoms with Gasteiger partial charge in [0.2, 0.25) is 23.9 Å². The minimum Gasteiger partial charge on any atom is -0.493 e. The molecule has 0 fully saturated rings. The van der Waals surface area contributed by atoms with Crippen molar-refractivity contribution in [2.75, 3.05) is 7.11 Å². The topological polar surface area (TPSA) is 121 Å². The molecule has 14 heteroatoms. The summed E-state index contributed by atoms with van der Waals surface area (Å²) in [7, 11) is 1.34. The molecule has 11 nitrogen and oxygen atoms in total. The van der Waals surface area contributed by atoms with E-state index in [2.05, 4.69) is 20.5 Å². The number of hydrazone groups is 1. The maximum atomic E-state index is 13.6. The molecule has 0 unspecified atom stereocenters. The molecule has 40 heavy (non-hydrogen) atoms. The Morgan fingerprint density at radius 3 is 2.52 bits per heavy atom. The Hall–Kier alpha value is -4.91. The van der Waals surface area contributed by atoms with Gasteiger partial charge >= 0.3 is 5.97 Å². The molecule has 0 saturated carbocycles. The average molecular weight is 569 g/mol. The number of hydrogen-bond donors (Lipinski definition) is 0. The summed E-state index contributed by atoms with van der Waals surface area (Å²) in [5.74, 6) is -3.26. The van der Waals surface area contributed by atoms with Crippen molar-refractivity contribution in [2.45, 2.75) is 19.7 Å². The Labute approximate surface area is 230 Å². The van der Waals surface area contributed by atoms with Crippen LogP contribution in [0.3, 0.4) is 0 Å². The molecule has 1 amide bonds. The number of hydrogen-bond acceptors (Lipinski definition) is 9. The maximum absolute atomic E-state index is 13.6. The smallest absolute Gasteiger partial charge is 0.345 e. The highest BCUT2D eigenvalue weighted by Crippen LogP contribution is 2.36. The largest absolute Gasteiger partial charge is 0.493 e. The molecule has 0 spiro atoms. The number of aromatic nitrogens is 4. The molecule has 2 heterocycles. The van der Waals surface area contributed by atoms with E-state index < -0.39 is 29.7 Å². The van der Waals surface area contributed by atoms with Crippen LogP contribution in [0.15, 0.2) is 65.8 Å². The number of benzene rings is 3. The van der Waals surface area contributed by atoms with Crippen LogP contribution in [0.4, 0.5) is 8.78 Å². The lowest BCUT2D eigenvalue weighted by molar-refractivity contribution is -0.135. The minimum atomic E-state index is -1.26. The van der Waals surface area contributed by atoms with E-state index in [0.717, 1.165) is 10.6 Å². The number of ether oxygens (including phenoxy) is 3. The Bertz CT molecular complexity index is 1630. The first-order valence-corrected chi connectivity index (χ1v) is 12.0. The number of amides is 1. The van der Waals surface area contributed by atoms with Gasteiger partial charge in [-0.25, -0.2) is 13.6 Å². The monoisotopic (exact) mass is 568 g/mol. The lowest BCUT2D eigenvalue weighted by Crippen LogP contribution is -2.25. The number of rotatable bonds is 7. The van der Waals surface area contributed by atoms with Crippen LogP contribution in [-0.4, -0.2) is 50.1 Å². The Balaban J connectivity index is 1.34. The van der Waals surface area contributed by atoms with E-state index in [9.17, 15) is 18.4 Å². The van der Waals surface area contributed by atoms with E-state index >= 15 is 0 Å². The van der Waals surface area contributed by atoms with Gasteiger partial charge in [0.25, 0.3) is 0 Å². The molecule has 1 aliphatic rings. The van der Waals surface area contributed by atoms with Gasteiger partial charge in [-0.15, -0.1) is 15.3 Å². The number of carbonyl (C=O) groups excluding carboxylic acids is 2. The zero-order valence-electron chi connectivity index (χ0n) is 20.9. The Morgan fingerprint density at radius 1 is 1.05 bits per heavy atom. The van der Waals surface area contributed by atoms with Gasteiger partial charge in [-0.05, 0) is 35.5 Å². The molecule has 0 N–H and O–H groups in total. The average Bonchev–Trinajstić information content (AvgIpc) is 3.59. The third-order valence-corrected chi connectivity index (χ3v) is 5.99. The summed E-state index contributed by atoms with van der Waals surface area (Å²) in [6, 6.07) is 15.0. The van der Waals surface area contributed by atoms with Crippen molar-refractivity contribution in [2.24, 2.45) is 5.10 Å². The fourth-order valence-electron chi connectivity index (χ4n) is 3.78. The van der Waals surface area contributed by atoms with Crippen LogP contribution in [0.25, 0.3) is 11.4 Å². The summed E-state index contributed by atoms with van der Waals surface area (Å²) < 4.78 is 43.6. The SMILES string of the molecule is COc1cc([C@@H]2OC(Cn3nnc(-c4ccccc4)n3)=NN2C(C)=O)ccc1OC(=O)c1cc(F)c(F)cc1Cl. The van der Waals surface area contributed by atoms with Gasteiger partial charge in [0.1, 0.15) is 6.54 Å². The van der Waals surface area contributed by atoms with Crippen molar-refractivity contribution in [3.8, 4) is 22.9 Å². The van der Waals surface area contributed by atoms with Gasteiger partial charge < -0.3 is 14.2 Å². The van der Waals surface area contributed by atoms with E-state index in [4.69, 9.17) is 25.8 Å².